The van der Waals surface area contributed by atoms with Crippen molar-refractivity contribution in [1.82, 2.24) is 10.3 Å². The molecule has 3 aliphatic rings. The molecule has 8 heteroatoms. The zero-order chi connectivity index (χ0) is 26.1. The number of pyridine rings is 1. The predicted octanol–water partition coefficient (Wildman–Crippen LogP) is 4.30. The van der Waals surface area contributed by atoms with E-state index in [2.05, 4.69) is 34.4 Å². The van der Waals surface area contributed by atoms with Crippen LogP contribution in [0.25, 0.3) is 0 Å². The number of aromatic nitrogens is 1. The molecule has 2 unspecified atom stereocenters. The van der Waals surface area contributed by atoms with Gasteiger partial charge in [0.2, 0.25) is 0 Å². The fourth-order valence-electron chi connectivity index (χ4n) is 5.94. The molecular weight excluding hydrogens is 466 g/mol. The minimum Gasteiger partial charge on any atom is -0.382 e. The Morgan fingerprint density at radius 3 is 2.24 bits per heavy atom. The molecule has 1 aliphatic carbocycles. The summed E-state index contributed by atoms with van der Waals surface area (Å²) in [6.45, 7) is 4.17. The van der Waals surface area contributed by atoms with Crippen molar-refractivity contribution in [3.05, 3.63) is 53.2 Å². The number of amides is 2. The summed E-state index contributed by atoms with van der Waals surface area (Å²) in [6, 6.07) is 9.84. The van der Waals surface area contributed by atoms with Gasteiger partial charge in [-0.2, -0.15) is 0 Å². The molecule has 2 aromatic rings. The van der Waals surface area contributed by atoms with Crippen molar-refractivity contribution in [1.29, 1.82) is 0 Å². The monoisotopic (exact) mass is 503 g/mol. The molecule has 0 radical (unpaired) electrons. The quantitative estimate of drug-likeness (QED) is 0.416. The molecule has 3 fully saturated rings. The Morgan fingerprint density at radius 2 is 1.68 bits per heavy atom. The van der Waals surface area contributed by atoms with Crippen LogP contribution in [0.2, 0.25) is 0 Å². The van der Waals surface area contributed by atoms with Crippen LogP contribution in [-0.2, 0) is 0 Å². The molecule has 2 bridgehead atoms. The minimum atomic E-state index is -0.511. The Hall–Kier alpha value is -3.42. The second-order valence-corrected chi connectivity index (χ2v) is 10.8. The van der Waals surface area contributed by atoms with Crippen LogP contribution in [0.3, 0.4) is 0 Å². The van der Waals surface area contributed by atoms with Gasteiger partial charge in [-0.1, -0.05) is 13.8 Å². The largest absolute Gasteiger partial charge is 0.382 e. The van der Waals surface area contributed by atoms with E-state index in [0.29, 0.717) is 34.5 Å². The van der Waals surface area contributed by atoms with Gasteiger partial charge in [-0.05, 0) is 81.7 Å². The van der Waals surface area contributed by atoms with E-state index in [-0.39, 0.29) is 29.7 Å². The molecule has 37 heavy (non-hydrogen) atoms. The summed E-state index contributed by atoms with van der Waals surface area (Å²) in [4.78, 5) is 44.5. The molecule has 4 N–H and O–H groups in total. The number of rotatable bonds is 10. The van der Waals surface area contributed by atoms with Crippen LogP contribution in [0.5, 0.6) is 0 Å². The zero-order valence-electron chi connectivity index (χ0n) is 21.7. The highest BCUT2D eigenvalue weighted by Crippen LogP contribution is 2.39. The van der Waals surface area contributed by atoms with Crippen LogP contribution in [0, 0.1) is 5.92 Å². The fourth-order valence-corrected chi connectivity index (χ4v) is 5.94. The van der Waals surface area contributed by atoms with E-state index in [1.54, 1.807) is 24.4 Å². The number of carbonyl (C=O) groups excluding carboxylic acids is 3. The van der Waals surface area contributed by atoms with E-state index in [4.69, 9.17) is 5.73 Å². The molecule has 2 amide bonds. The third kappa shape index (κ3) is 5.33. The molecule has 2 saturated heterocycles. The highest BCUT2D eigenvalue weighted by atomic mass is 16.2. The maximum Gasteiger partial charge on any atom is 0.251 e. The molecule has 3 heterocycles. The number of anilines is 2. The van der Waals surface area contributed by atoms with Crippen LogP contribution in [0.1, 0.15) is 96.3 Å². The summed E-state index contributed by atoms with van der Waals surface area (Å²) in [5, 5.41) is 6.61. The number of benzene rings is 1. The van der Waals surface area contributed by atoms with Crippen molar-refractivity contribution in [3.8, 4) is 0 Å². The molecule has 1 aromatic carbocycles. The standard InChI is InChI=1S/C29H37N5O3/c1-3-20(4-2)32-25-13-18(7-11-24(25)28(30)36)29(37)33-21-14-22-9-10-23(15-21)34(22)26-12-8-19(16-31-26)27(35)17-5-6-17/h7-8,11-13,16-17,20-23,32H,3-6,9-10,14-15H2,1-2H3,(H2,30,36)(H,33,37). The van der Waals surface area contributed by atoms with E-state index in [1.807, 2.05) is 12.1 Å². The molecule has 196 valence electrons. The maximum absolute atomic E-state index is 13.2. The van der Waals surface area contributed by atoms with E-state index in [0.717, 1.165) is 57.2 Å². The average molecular weight is 504 g/mol. The van der Waals surface area contributed by atoms with E-state index < -0.39 is 5.91 Å². The average Bonchev–Trinajstić information content (AvgIpc) is 3.71. The third-order valence-electron chi connectivity index (χ3n) is 8.21. The number of nitrogens with zero attached hydrogens (tertiary/aromatic N) is 2. The first-order valence-corrected chi connectivity index (χ1v) is 13.7. The second kappa shape index (κ2) is 10.5. The van der Waals surface area contributed by atoms with Crippen LogP contribution < -0.4 is 21.3 Å². The SMILES string of the molecule is CCC(CC)Nc1cc(C(=O)NC2CC3CCC(C2)N3c2ccc(C(=O)C3CC3)cn2)ccc1C(N)=O. The maximum atomic E-state index is 13.2. The lowest BCUT2D eigenvalue weighted by molar-refractivity contribution is 0.0924. The summed E-state index contributed by atoms with van der Waals surface area (Å²) in [7, 11) is 0. The highest BCUT2D eigenvalue weighted by molar-refractivity contribution is 6.02. The highest BCUT2D eigenvalue weighted by Gasteiger charge is 2.42. The first kappa shape index (κ1) is 25.2. The van der Waals surface area contributed by atoms with Crippen LogP contribution >= 0.6 is 0 Å². The number of nitrogens with two attached hydrogens (primary N) is 1. The topological polar surface area (TPSA) is 117 Å². The van der Waals surface area contributed by atoms with Gasteiger partial charge in [0, 0.05) is 53.1 Å². The van der Waals surface area contributed by atoms with Crippen molar-refractivity contribution in [3.63, 3.8) is 0 Å². The van der Waals surface area contributed by atoms with E-state index in [9.17, 15) is 14.4 Å². The lowest BCUT2D eigenvalue weighted by atomic mass is 9.96. The Labute approximate surface area is 218 Å². The second-order valence-electron chi connectivity index (χ2n) is 10.8. The van der Waals surface area contributed by atoms with E-state index >= 15 is 0 Å². The fraction of sp³-hybridized carbons (Fsp3) is 0.517. The lowest BCUT2D eigenvalue weighted by Crippen LogP contribution is -2.50. The molecule has 8 nitrogen and oxygen atoms in total. The minimum absolute atomic E-state index is 0.0724. The Morgan fingerprint density at radius 1 is 1.00 bits per heavy atom. The predicted molar refractivity (Wildman–Crippen MR) is 144 cm³/mol. The summed E-state index contributed by atoms with van der Waals surface area (Å²) in [6.07, 6.45) is 9.37. The molecule has 2 atom stereocenters. The van der Waals surface area contributed by atoms with Crippen molar-refractivity contribution in [2.24, 2.45) is 11.7 Å². The normalized spacial score (nSPS) is 22.7. The number of Topliss-reactive ketones (excluding diaryl/α,β-unsaturated/α-hetero) is 1. The van der Waals surface area contributed by atoms with Crippen molar-refractivity contribution >= 4 is 29.1 Å². The summed E-state index contributed by atoms with van der Waals surface area (Å²) < 4.78 is 0. The number of hydrogen-bond acceptors (Lipinski definition) is 6. The van der Waals surface area contributed by atoms with Gasteiger partial charge in [-0.15, -0.1) is 0 Å². The van der Waals surface area contributed by atoms with E-state index in [1.165, 1.54) is 0 Å². The third-order valence-corrected chi connectivity index (χ3v) is 8.21. The molecular formula is C29H37N5O3. The Bertz CT molecular complexity index is 1160. The van der Waals surface area contributed by atoms with Gasteiger partial charge in [0.1, 0.15) is 5.82 Å². The van der Waals surface area contributed by atoms with Crippen molar-refractivity contribution < 1.29 is 14.4 Å². The lowest BCUT2D eigenvalue weighted by Gasteiger charge is -2.40. The molecule has 1 aromatic heterocycles. The summed E-state index contributed by atoms with van der Waals surface area (Å²) >= 11 is 0. The zero-order valence-corrected chi connectivity index (χ0v) is 21.7. The van der Waals surface area contributed by atoms with Gasteiger partial charge in [0.25, 0.3) is 11.8 Å². The van der Waals surface area contributed by atoms with Gasteiger partial charge in [0.05, 0.1) is 5.56 Å². The number of carbonyl (C=O) groups is 3. The molecule has 5 rings (SSSR count). The van der Waals surface area contributed by atoms with Crippen LogP contribution in [0.15, 0.2) is 36.5 Å². The molecule has 1 saturated carbocycles. The number of nitrogens with one attached hydrogen (secondary N) is 2. The van der Waals surface area contributed by atoms with Gasteiger partial charge in [-0.25, -0.2) is 4.98 Å². The van der Waals surface area contributed by atoms with Gasteiger partial charge >= 0.3 is 0 Å². The first-order valence-electron chi connectivity index (χ1n) is 13.7. The summed E-state index contributed by atoms with van der Waals surface area (Å²) in [5.74, 6) is 0.682. The Balaban J connectivity index is 1.25. The smallest absolute Gasteiger partial charge is 0.251 e. The van der Waals surface area contributed by atoms with Gasteiger partial charge in [-0.3, -0.25) is 14.4 Å². The molecule has 0 spiro atoms. The number of fused-ring (bicyclic) bond motifs is 2. The van der Waals surface area contributed by atoms with Crippen LogP contribution in [-0.4, -0.2) is 46.7 Å². The van der Waals surface area contributed by atoms with Crippen molar-refractivity contribution in [2.75, 3.05) is 10.2 Å². The number of piperidine rings is 1. The summed E-state index contributed by atoms with van der Waals surface area (Å²) in [5.41, 5.74) is 7.81. The number of hydrogen-bond donors (Lipinski definition) is 3. The van der Waals surface area contributed by atoms with Gasteiger partial charge < -0.3 is 21.3 Å². The van der Waals surface area contributed by atoms with Crippen molar-refractivity contribution in [2.45, 2.75) is 89.4 Å². The number of primary amides is 1. The molecule has 2 aliphatic heterocycles. The van der Waals surface area contributed by atoms with Gasteiger partial charge in [0.15, 0.2) is 5.78 Å². The van der Waals surface area contributed by atoms with Crippen LogP contribution in [0.4, 0.5) is 11.5 Å². The first-order chi connectivity index (χ1) is 17.9. The number of ketones is 1. The Kier molecular flexibility index (Phi) is 7.17.